The van der Waals surface area contributed by atoms with E-state index < -0.39 is 11.5 Å². The van der Waals surface area contributed by atoms with E-state index in [0.717, 1.165) is 24.8 Å². The van der Waals surface area contributed by atoms with Crippen molar-refractivity contribution >= 4 is 12.0 Å². The first-order valence-corrected chi connectivity index (χ1v) is 7.77. The minimum atomic E-state index is -1.000. The fourth-order valence-electron chi connectivity index (χ4n) is 4.26. The van der Waals surface area contributed by atoms with Crippen molar-refractivity contribution in [1.29, 1.82) is 0 Å². The maximum atomic E-state index is 12.2. The molecule has 3 fully saturated rings. The SMILES string of the molecule is CN(CC1CC2CCC1C2)C(=O)NC1(C(=O)O)CCC1. The fourth-order valence-corrected chi connectivity index (χ4v) is 4.26. The van der Waals surface area contributed by atoms with Gasteiger partial charge in [0.05, 0.1) is 0 Å². The Morgan fingerprint density at radius 1 is 1.30 bits per heavy atom. The zero-order valence-corrected chi connectivity index (χ0v) is 12.1. The number of fused-ring (bicyclic) bond motifs is 2. The Hall–Kier alpha value is -1.26. The number of nitrogens with one attached hydrogen (secondary N) is 1. The third kappa shape index (κ3) is 2.27. The molecule has 112 valence electrons. The lowest BCUT2D eigenvalue weighted by molar-refractivity contribution is -0.148. The van der Waals surface area contributed by atoms with Gasteiger partial charge in [-0.3, -0.25) is 0 Å². The molecule has 3 saturated carbocycles. The van der Waals surface area contributed by atoms with E-state index in [0.29, 0.717) is 18.8 Å². The van der Waals surface area contributed by atoms with E-state index in [2.05, 4.69) is 5.32 Å². The summed E-state index contributed by atoms with van der Waals surface area (Å²) >= 11 is 0. The summed E-state index contributed by atoms with van der Waals surface area (Å²) in [6, 6.07) is -0.227. The van der Waals surface area contributed by atoms with Crippen LogP contribution in [0.3, 0.4) is 0 Å². The lowest BCUT2D eigenvalue weighted by Crippen LogP contribution is -2.61. The lowest BCUT2D eigenvalue weighted by atomic mass is 9.77. The second-order valence-electron chi connectivity index (χ2n) is 6.99. The molecule has 5 nitrogen and oxygen atoms in total. The average molecular weight is 280 g/mol. The Morgan fingerprint density at radius 3 is 2.50 bits per heavy atom. The summed E-state index contributed by atoms with van der Waals surface area (Å²) in [4.78, 5) is 25.2. The zero-order chi connectivity index (χ0) is 14.3. The van der Waals surface area contributed by atoms with Gasteiger partial charge in [0.15, 0.2) is 0 Å². The van der Waals surface area contributed by atoms with E-state index in [4.69, 9.17) is 0 Å². The molecule has 0 radical (unpaired) electrons. The molecule has 2 amide bonds. The van der Waals surface area contributed by atoms with E-state index in [1.54, 1.807) is 11.9 Å². The van der Waals surface area contributed by atoms with Crippen molar-refractivity contribution in [2.45, 2.75) is 50.5 Å². The topological polar surface area (TPSA) is 69.6 Å². The van der Waals surface area contributed by atoms with Gasteiger partial charge in [-0.25, -0.2) is 9.59 Å². The van der Waals surface area contributed by atoms with Gasteiger partial charge in [0.1, 0.15) is 5.54 Å². The molecule has 0 aromatic heterocycles. The van der Waals surface area contributed by atoms with Crippen LogP contribution < -0.4 is 5.32 Å². The van der Waals surface area contributed by atoms with Gasteiger partial charge in [-0.15, -0.1) is 0 Å². The van der Waals surface area contributed by atoms with Crippen molar-refractivity contribution in [1.82, 2.24) is 10.2 Å². The highest BCUT2D eigenvalue weighted by atomic mass is 16.4. The quantitative estimate of drug-likeness (QED) is 0.828. The molecule has 3 atom stereocenters. The molecule has 0 heterocycles. The highest BCUT2D eigenvalue weighted by Gasteiger charge is 2.46. The number of urea groups is 1. The van der Waals surface area contributed by atoms with Crippen molar-refractivity contribution in [2.24, 2.45) is 17.8 Å². The summed E-state index contributed by atoms with van der Waals surface area (Å²) in [5.74, 6) is 1.38. The Morgan fingerprint density at radius 2 is 2.05 bits per heavy atom. The maximum absolute atomic E-state index is 12.2. The van der Waals surface area contributed by atoms with Crippen LogP contribution in [0.2, 0.25) is 0 Å². The number of carbonyl (C=O) groups excluding carboxylic acids is 1. The van der Waals surface area contributed by atoms with Gasteiger partial charge in [0, 0.05) is 13.6 Å². The van der Waals surface area contributed by atoms with Crippen LogP contribution in [0.5, 0.6) is 0 Å². The van der Waals surface area contributed by atoms with Crippen LogP contribution in [0, 0.1) is 17.8 Å². The third-order valence-corrected chi connectivity index (χ3v) is 5.70. The minimum absolute atomic E-state index is 0.227. The van der Waals surface area contributed by atoms with E-state index in [1.807, 2.05) is 0 Å². The van der Waals surface area contributed by atoms with Gasteiger partial charge in [0.25, 0.3) is 0 Å². The highest BCUT2D eigenvalue weighted by molar-refractivity contribution is 5.87. The normalized spacial score (nSPS) is 33.5. The number of hydrogen-bond donors (Lipinski definition) is 2. The summed E-state index contributed by atoms with van der Waals surface area (Å²) in [6.07, 6.45) is 7.23. The summed E-state index contributed by atoms with van der Waals surface area (Å²) in [5.41, 5.74) is -1.000. The predicted molar refractivity (Wildman–Crippen MR) is 74.3 cm³/mol. The fraction of sp³-hybridized carbons (Fsp3) is 0.867. The number of aliphatic carboxylic acids is 1. The molecule has 0 aromatic rings. The molecule has 2 bridgehead atoms. The first-order valence-electron chi connectivity index (χ1n) is 7.77. The van der Waals surface area contributed by atoms with Crippen LogP contribution in [0.1, 0.15) is 44.9 Å². The smallest absolute Gasteiger partial charge is 0.329 e. The molecule has 3 aliphatic rings. The summed E-state index contributed by atoms with van der Waals surface area (Å²) in [5, 5.41) is 12.0. The molecule has 0 spiro atoms. The molecule has 3 unspecified atom stereocenters. The second kappa shape index (κ2) is 4.93. The number of amides is 2. The Kier molecular flexibility index (Phi) is 3.38. The van der Waals surface area contributed by atoms with Crippen LogP contribution >= 0.6 is 0 Å². The first-order chi connectivity index (χ1) is 9.50. The molecule has 3 rings (SSSR count). The van der Waals surface area contributed by atoms with Crippen molar-refractivity contribution in [3.8, 4) is 0 Å². The number of hydrogen-bond acceptors (Lipinski definition) is 2. The van der Waals surface area contributed by atoms with Crippen LogP contribution in [0.15, 0.2) is 0 Å². The van der Waals surface area contributed by atoms with Crippen LogP contribution in [0.25, 0.3) is 0 Å². The van der Waals surface area contributed by atoms with E-state index in [9.17, 15) is 14.7 Å². The molecular formula is C15H24N2O3. The Bertz CT molecular complexity index is 419. The van der Waals surface area contributed by atoms with Gasteiger partial charge in [0.2, 0.25) is 0 Å². The molecule has 5 heteroatoms. The zero-order valence-electron chi connectivity index (χ0n) is 12.1. The standard InChI is InChI=1S/C15H24N2O3/c1-17(9-12-8-10-3-4-11(12)7-10)14(20)16-15(13(18)19)5-2-6-15/h10-12H,2-9H2,1H3,(H,16,20)(H,18,19). The average Bonchev–Trinajstić information content (AvgIpc) is 2.94. The van der Waals surface area contributed by atoms with Crippen molar-refractivity contribution in [3.63, 3.8) is 0 Å². The predicted octanol–water partition coefficient (Wildman–Crippen LogP) is 2.07. The van der Waals surface area contributed by atoms with Crippen molar-refractivity contribution in [2.75, 3.05) is 13.6 Å². The summed E-state index contributed by atoms with van der Waals surface area (Å²) in [7, 11) is 1.79. The molecule has 2 N–H and O–H groups in total. The van der Waals surface area contributed by atoms with E-state index in [1.165, 1.54) is 25.7 Å². The largest absolute Gasteiger partial charge is 0.480 e. The van der Waals surface area contributed by atoms with Gasteiger partial charge in [-0.2, -0.15) is 0 Å². The third-order valence-electron chi connectivity index (χ3n) is 5.70. The highest BCUT2D eigenvalue weighted by Crippen LogP contribution is 2.48. The molecule has 3 aliphatic carbocycles. The van der Waals surface area contributed by atoms with Crippen molar-refractivity contribution < 1.29 is 14.7 Å². The number of carboxylic acids is 1. The van der Waals surface area contributed by atoms with Gasteiger partial charge in [-0.1, -0.05) is 6.42 Å². The van der Waals surface area contributed by atoms with Crippen LogP contribution in [0.4, 0.5) is 4.79 Å². The van der Waals surface area contributed by atoms with E-state index in [-0.39, 0.29) is 6.03 Å². The molecule has 0 aromatic carbocycles. The number of rotatable bonds is 4. The monoisotopic (exact) mass is 280 g/mol. The van der Waals surface area contributed by atoms with Crippen LogP contribution in [-0.4, -0.2) is 41.1 Å². The van der Waals surface area contributed by atoms with Gasteiger partial charge in [-0.05, 0) is 56.3 Å². The number of carboxylic acid groups (broad SMARTS) is 1. The summed E-state index contributed by atoms with van der Waals surface area (Å²) < 4.78 is 0. The lowest BCUT2D eigenvalue weighted by Gasteiger charge is -2.39. The molecule has 20 heavy (non-hydrogen) atoms. The summed E-state index contributed by atoms with van der Waals surface area (Å²) in [6.45, 7) is 0.767. The van der Waals surface area contributed by atoms with Crippen molar-refractivity contribution in [3.05, 3.63) is 0 Å². The first kappa shape index (κ1) is 13.7. The van der Waals surface area contributed by atoms with E-state index >= 15 is 0 Å². The minimum Gasteiger partial charge on any atom is -0.480 e. The van der Waals surface area contributed by atoms with Crippen LogP contribution in [-0.2, 0) is 4.79 Å². The number of nitrogens with zero attached hydrogens (tertiary/aromatic N) is 1. The molecule has 0 aliphatic heterocycles. The molecular weight excluding hydrogens is 256 g/mol. The maximum Gasteiger partial charge on any atom is 0.329 e. The van der Waals surface area contributed by atoms with Gasteiger partial charge >= 0.3 is 12.0 Å². The molecule has 0 saturated heterocycles. The Labute approximate surface area is 119 Å². The van der Waals surface area contributed by atoms with Gasteiger partial charge < -0.3 is 15.3 Å². The second-order valence-corrected chi connectivity index (χ2v) is 6.99. The number of carbonyl (C=O) groups is 2. The Balaban J connectivity index is 1.53.